The van der Waals surface area contributed by atoms with Crippen molar-refractivity contribution in [2.75, 3.05) is 12.4 Å². The molecule has 1 aromatic heterocycles. The van der Waals surface area contributed by atoms with Crippen molar-refractivity contribution >= 4 is 18.0 Å². The van der Waals surface area contributed by atoms with E-state index in [1.165, 1.54) is 6.08 Å². The second kappa shape index (κ2) is 7.23. The Morgan fingerprint density at radius 2 is 1.83 bits per heavy atom. The van der Waals surface area contributed by atoms with Crippen LogP contribution in [0.1, 0.15) is 5.56 Å². The zero-order valence-corrected chi connectivity index (χ0v) is 13.0. The highest BCUT2D eigenvalue weighted by Crippen LogP contribution is 2.29. The summed E-state index contributed by atoms with van der Waals surface area (Å²) in [6.45, 7) is 0. The van der Waals surface area contributed by atoms with Gasteiger partial charge in [-0.05, 0) is 23.8 Å². The topological polar surface area (TPSA) is 77.3 Å². The highest BCUT2D eigenvalue weighted by Gasteiger charge is 2.13. The van der Waals surface area contributed by atoms with Gasteiger partial charge in [-0.25, -0.2) is 0 Å². The number of methoxy groups -OCH3 is 1. The Morgan fingerprint density at radius 3 is 2.62 bits per heavy atom. The molecule has 6 heteroatoms. The normalized spacial score (nSPS) is 10.7. The molecule has 0 aliphatic heterocycles. The van der Waals surface area contributed by atoms with Crippen LogP contribution in [0.25, 0.3) is 17.5 Å². The summed E-state index contributed by atoms with van der Waals surface area (Å²) < 4.78 is 10.7. The molecule has 0 radical (unpaired) electrons. The lowest BCUT2D eigenvalue weighted by molar-refractivity contribution is -0.112. The molecule has 0 fully saturated rings. The third-order valence-corrected chi connectivity index (χ3v) is 3.22. The fourth-order valence-corrected chi connectivity index (χ4v) is 2.09. The lowest BCUT2D eigenvalue weighted by atomic mass is 10.2. The Labute approximate surface area is 138 Å². The van der Waals surface area contributed by atoms with Crippen molar-refractivity contribution in [2.45, 2.75) is 0 Å². The minimum absolute atomic E-state index is 0.0265. The minimum Gasteiger partial charge on any atom is -0.496 e. The van der Waals surface area contributed by atoms with Gasteiger partial charge in [0.05, 0.1) is 12.7 Å². The van der Waals surface area contributed by atoms with Crippen LogP contribution < -0.4 is 10.1 Å². The van der Waals surface area contributed by atoms with E-state index in [1.807, 2.05) is 42.5 Å². The van der Waals surface area contributed by atoms with E-state index < -0.39 is 0 Å². The quantitative estimate of drug-likeness (QED) is 0.729. The molecule has 0 aliphatic carbocycles. The van der Waals surface area contributed by atoms with Gasteiger partial charge in [-0.2, -0.15) is 0 Å². The highest BCUT2D eigenvalue weighted by molar-refractivity contribution is 6.00. The number of rotatable bonds is 5. The van der Waals surface area contributed by atoms with Crippen LogP contribution in [-0.2, 0) is 4.79 Å². The van der Waals surface area contributed by atoms with Crippen LogP contribution in [0.3, 0.4) is 0 Å². The number of carbonyl (C=O) groups is 1. The standard InChI is InChI=1S/C18H15N3O3/c1-23-15-10-6-5-9-14(15)17-20-21-18(24-17)19-16(22)12-11-13-7-3-2-4-8-13/h2-12H,1H3,(H,19,21,22). The molecule has 1 amide bonds. The van der Waals surface area contributed by atoms with Crippen LogP contribution >= 0.6 is 0 Å². The average Bonchev–Trinajstić information content (AvgIpc) is 3.09. The molecule has 2 aromatic carbocycles. The second-order valence-electron chi connectivity index (χ2n) is 4.85. The largest absolute Gasteiger partial charge is 0.496 e. The number of aromatic nitrogens is 2. The van der Waals surface area contributed by atoms with Gasteiger partial charge in [0, 0.05) is 6.08 Å². The van der Waals surface area contributed by atoms with Crippen LogP contribution in [0.5, 0.6) is 5.75 Å². The summed E-state index contributed by atoms with van der Waals surface area (Å²) in [4.78, 5) is 11.9. The Kier molecular flexibility index (Phi) is 4.67. The number of hydrogen-bond donors (Lipinski definition) is 1. The lowest BCUT2D eigenvalue weighted by Gasteiger charge is -2.03. The van der Waals surface area contributed by atoms with Gasteiger partial charge in [-0.15, -0.1) is 5.10 Å². The van der Waals surface area contributed by atoms with Gasteiger partial charge in [-0.3, -0.25) is 10.1 Å². The van der Waals surface area contributed by atoms with Crippen LogP contribution in [0, 0.1) is 0 Å². The van der Waals surface area contributed by atoms with E-state index in [-0.39, 0.29) is 17.8 Å². The van der Waals surface area contributed by atoms with Crippen molar-refractivity contribution in [3.63, 3.8) is 0 Å². The van der Waals surface area contributed by atoms with E-state index in [0.717, 1.165) is 5.56 Å². The molecule has 3 aromatic rings. The summed E-state index contributed by atoms with van der Waals surface area (Å²) in [5, 5.41) is 10.3. The number of nitrogens with one attached hydrogen (secondary N) is 1. The van der Waals surface area contributed by atoms with Crippen LogP contribution in [-0.4, -0.2) is 23.2 Å². The first-order valence-corrected chi connectivity index (χ1v) is 7.27. The number of ether oxygens (including phenoxy) is 1. The van der Waals surface area contributed by atoms with Crippen molar-refractivity contribution < 1.29 is 13.9 Å². The number of para-hydroxylation sites is 1. The number of anilines is 1. The van der Waals surface area contributed by atoms with E-state index in [4.69, 9.17) is 9.15 Å². The predicted octanol–water partition coefficient (Wildman–Crippen LogP) is 3.40. The molecular formula is C18H15N3O3. The average molecular weight is 321 g/mol. The van der Waals surface area contributed by atoms with Crippen LogP contribution in [0.2, 0.25) is 0 Å². The smallest absolute Gasteiger partial charge is 0.322 e. The summed E-state index contributed by atoms with van der Waals surface area (Å²) in [6.07, 6.45) is 3.11. The van der Waals surface area contributed by atoms with Crippen molar-refractivity contribution in [1.29, 1.82) is 0 Å². The zero-order valence-electron chi connectivity index (χ0n) is 13.0. The number of carbonyl (C=O) groups excluding carboxylic acids is 1. The predicted molar refractivity (Wildman–Crippen MR) is 90.4 cm³/mol. The van der Waals surface area contributed by atoms with E-state index in [0.29, 0.717) is 11.3 Å². The maximum atomic E-state index is 11.9. The van der Waals surface area contributed by atoms with E-state index in [9.17, 15) is 4.79 Å². The molecule has 24 heavy (non-hydrogen) atoms. The molecule has 1 heterocycles. The van der Waals surface area contributed by atoms with Crippen molar-refractivity contribution in [3.05, 3.63) is 66.2 Å². The number of nitrogens with zero attached hydrogens (tertiary/aromatic N) is 2. The molecule has 120 valence electrons. The van der Waals surface area contributed by atoms with Gasteiger partial charge >= 0.3 is 6.01 Å². The minimum atomic E-state index is -0.353. The number of hydrogen-bond acceptors (Lipinski definition) is 5. The molecule has 0 atom stereocenters. The fraction of sp³-hybridized carbons (Fsp3) is 0.0556. The Bertz CT molecular complexity index is 857. The van der Waals surface area contributed by atoms with E-state index >= 15 is 0 Å². The SMILES string of the molecule is COc1ccccc1-c1nnc(NC(=O)C=Cc2ccccc2)o1. The highest BCUT2D eigenvalue weighted by atomic mass is 16.5. The molecule has 3 rings (SSSR count). The number of benzene rings is 2. The molecule has 0 bridgehead atoms. The summed E-state index contributed by atoms with van der Waals surface area (Å²) in [5.74, 6) is 0.534. The van der Waals surface area contributed by atoms with E-state index in [2.05, 4.69) is 15.5 Å². The van der Waals surface area contributed by atoms with Gasteiger partial charge in [0.2, 0.25) is 0 Å². The third-order valence-electron chi connectivity index (χ3n) is 3.22. The third kappa shape index (κ3) is 3.67. The van der Waals surface area contributed by atoms with Crippen molar-refractivity contribution in [1.82, 2.24) is 10.2 Å². The molecule has 1 N–H and O–H groups in total. The Balaban J connectivity index is 1.70. The maximum Gasteiger partial charge on any atom is 0.322 e. The van der Waals surface area contributed by atoms with Gasteiger partial charge in [0.1, 0.15) is 5.75 Å². The molecule has 0 saturated heterocycles. The van der Waals surface area contributed by atoms with E-state index in [1.54, 1.807) is 25.3 Å². The van der Waals surface area contributed by atoms with Gasteiger partial charge in [0.25, 0.3) is 11.8 Å². The Hall–Kier alpha value is -3.41. The number of amides is 1. The summed E-state index contributed by atoms with van der Waals surface area (Å²) in [7, 11) is 1.56. The van der Waals surface area contributed by atoms with Gasteiger partial charge in [0.15, 0.2) is 0 Å². The Morgan fingerprint density at radius 1 is 1.08 bits per heavy atom. The molecule has 0 unspecified atom stereocenters. The molecule has 0 aliphatic rings. The maximum absolute atomic E-state index is 11.9. The van der Waals surface area contributed by atoms with Crippen LogP contribution in [0.4, 0.5) is 6.01 Å². The summed E-state index contributed by atoms with van der Waals surface area (Å²) >= 11 is 0. The summed E-state index contributed by atoms with van der Waals surface area (Å²) in [5.41, 5.74) is 1.58. The molecule has 0 spiro atoms. The first kappa shape index (κ1) is 15.5. The monoisotopic (exact) mass is 321 g/mol. The van der Waals surface area contributed by atoms with Crippen molar-refractivity contribution in [2.24, 2.45) is 0 Å². The molecule has 6 nitrogen and oxygen atoms in total. The van der Waals surface area contributed by atoms with Gasteiger partial charge < -0.3 is 9.15 Å². The lowest BCUT2D eigenvalue weighted by Crippen LogP contribution is -2.07. The molecule has 0 saturated carbocycles. The molecular weight excluding hydrogens is 306 g/mol. The first-order valence-electron chi connectivity index (χ1n) is 7.27. The summed E-state index contributed by atoms with van der Waals surface area (Å²) in [6, 6.07) is 16.8. The fourth-order valence-electron chi connectivity index (χ4n) is 2.09. The zero-order chi connectivity index (χ0) is 16.8. The first-order chi connectivity index (χ1) is 11.8. The second-order valence-corrected chi connectivity index (χ2v) is 4.85. The van der Waals surface area contributed by atoms with Crippen molar-refractivity contribution in [3.8, 4) is 17.2 Å². The van der Waals surface area contributed by atoms with Crippen LogP contribution in [0.15, 0.2) is 65.1 Å². The van der Waals surface area contributed by atoms with Gasteiger partial charge in [-0.1, -0.05) is 47.6 Å².